The number of carbonyl (C=O) groups excluding carboxylic acids is 1. The first-order chi connectivity index (χ1) is 12.9. The molecule has 0 aliphatic rings. The van der Waals surface area contributed by atoms with Gasteiger partial charge >= 0.3 is 5.97 Å². The summed E-state index contributed by atoms with van der Waals surface area (Å²) in [7, 11) is 3.53. The van der Waals surface area contributed by atoms with E-state index >= 15 is 0 Å². The van der Waals surface area contributed by atoms with Crippen LogP contribution in [0.25, 0.3) is 10.6 Å². The van der Waals surface area contributed by atoms with E-state index in [1.54, 1.807) is 36.5 Å². The Morgan fingerprint density at radius 2 is 2.07 bits per heavy atom. The molecule has 3 aromatic rings. The van der Waals surface area contributed by atoms with Gasteiger partial charge in [0.1, 0.15) is 10.8 Å². The van der Waals surface area contributed by atoms with Crippen molar-refractivity contribution in [3.63, 3.8) is 0 Å². The summed E-state index contributed by atoms with van der Waals surface area (Å²) in [4.78, 5) is 30.2. The first kappa shape index (κ1) is 18.6. The second-order valence-corrected chi connectivity index (χ2v) is 6.65. The number of rotatable bonds is 6. The van der Waals surface area contributed by atoms with E-state index in [1.165, 1.54) is 23.5 Å². The van der Waals surface area contributed by atoms with Crippen molar-refractivity contribution in [2.45, 2.75) is 13.0 Å². The van der Waals surface area contributed by atoms with Gasteiger partial charge in [-0.3, -0.25) is 4.79 Å². The molecule has 0 aliphatic heterocycles. The molecule has 0 amide bonds. The number of thiazole rings is 1. The fourth-order valence-corrected chi connectivity index (χ4v) is 2.99. The maximum Gasteiger partial charge on any atom is 0.312 e. The normalized spacial score (nSPS) is 10.6. The number of nitrogens with two attached hydrogens (primary N) is 1. The van der Waals surface area contributed by atoms with Crippen LogP contribution < -0.4 is 10.6 Å². The maximum absolute atomic E-state index is 13.3. The number of anilines is 2. The predicted octanol–water partition coefficient (Wildman–Crippen LogP) is 2.07. The van der Waals surface area contributed by atoms with E-state index in [-0.39, 0.29) is 30.6 Å². The van der Waals surface area contributed by atoms with E-state index in [0.29, 0.717) is 22.2 Å². The van der Waals surface area contributed by atoms with Gasteiger partial charge in [0.25, 0.3) is 0 Å². The zero-order valence-electron chi connectivity index (χ0n) is 14.7. The molecule has 0 unspecified atom stereocenters. The van der Waals surface area contributed by atoms with Gasteiger partial charge in [-0.25, -0.2) is 9.37 Å². The molecule has 2 heterocycles. The Balaban J connectivity index is 1.60. The Morgan fingerprint density at radius 3 is 2.81 bits per heavy atom. The summed E-state index contributed by atoms with van der Waals surface area (Å²) in [6.45, 7) is -0.118. The van der Waals surface area contributed by atoms with Crippen LogP contribution in [0.2, 0.25) is 0 Å². The number of aromatic nitrogens is 4. The average Bonchev–Trinajstić information content (AvgIpc) is 3.08. The Morgan fingerprint density at radius 1 is 1.26 bits per heavy atom. The summed E-state index contributed by atoms with van der Waals surface area (Å²) in [5.74, 6) is -0.112. The van der Waals surface area contributed by atoms with Crippen molar-refractivity contribution in [1.82, 2.24) is 19.9 Å². The first-order valence-corrected chi connectivity index (χ1v) is 8.82. The minimum absolute atomic E-state index is 0.00702. The summed E-state index contributed by atoms with van der Waals surface area (Å²) in [5.41, 5.74) is 6.84. The van der Waals surface area contributed by atoms with Crippen LogP contribution in [0.1, 0.15) is 11.5 Å². The second-order valence-electron chi connectivity index (χ2n) is 5.80. The lowest BCUT2D eigenvalue weighted by atomic mass is 10.2. The van der Waals surface area contributed by atoms with Gasteiger partial charge < -0.3 is 15.4 Å². The van der Waals surface area contributed by atoms with E-state index in [9.17, 15) is 9.18 Å². The quantitative estimate of drug-likeness (QED) is 0.640. The number of hydrogen-bond donors (Lipinski definition) is 1. The van der Waals surface area contributed by atoms with Crippen LogP contribution in [-0.2, 0) is 22.6 Å². The van der Waals surface area contributed by atoms with Crippen molar-refractivity contribution in [3.05, 3.63) is 47.0 Å². The molecule has 0 spiro atoms. The van der Waals surface area contributed by atoms with E-state index in [0.717, 1.165) is 0 Å². The number of nitrogen functional groups attached to an aromatic ring is 1. The molecule has 1 aromatic carbocycles. The standard InChI is InChI=1S/C17H17FN6O2S/c1-24(2)17-22-13(21-16(19)23-17)8-26-14(25)7-12-9-27-15(20-12)10-4-3-5-11(18)6-10/h3-6,9H,7-8H2,1-2H3,(H2,19,21,22,23). The number of nitrogens with zero attached hydrogens (tertiary/aromatic N) is 5. The number of carbonyl (C=O) groups is 1. The number of ether oxygens (including phenoxy) is 1. The highest BCUT2D eigenvalue weighted by Crippen LogP contribution is 2.24. The maximum atomic E-state index is 13.3. The van der Waals surface area contributed by atoms with Crippen molar-refractivity contribution in [2.75, 3.05) is 24.7 Å². The third-order valence-corrected chi connectivity index (χ3v) is 4.34. The van der Waals surface area contributed by atoms with E-state index < -0.39 is 5.97 Å². The Hall–Kier alpha value is -3.14. The van der Waals surface area contributed by atoms with Crippen molar-refractivity contribution in [2.24, 2.45) is 0 Å². The number of esters is 1. The molecule has 140 valence electrons. The predicted molar refractivity (Wildman–Crippen MR) is 99.6 cm³/mol. The van der Waals surface area contributed by atoms with Crippen LogP contribution in [-0.4, -0.2) is 40.0 Å². The van der Waals surface area contributed by atoms with Crippen molar-refractivity contribution in [1.29, 1.82) is 0 Å². The second kappa shape index (κ2) is 8.04. The Labute approximate surface area is 158 Å². The molecule has 0 aliphatic carbocycles. The third-order valence-electron chi connectivity index (χ3n) is 3.40. The largest absolute Gasteiger partial charge is 0.457 e. The molecule has 2 aromatic heterocycles. The van der Waals surface area contributed by atoms with Crippen molar-refractivity contribution in [3.8, 4) is 10.6 Å². The van der Waals surface area contributed by atoms with Crippen LogP contribution >= 0.6 is 11.3 Å². The fraction of sp³-hybridized carbons (Fsp3) is 0.235. The number of halogens is 1. The molecule has 0 atom stereocenters. The summed E-state index contributed by atoms with van der Waals surface area (Å²) in [5, 5.41) is 2.38. The molecule has 0 fully saturated rings. The van der Waals surface area contributed by atoms with Crippen molar-refractivity contribution < 1.29 is 13.9 Å². The lowest BCUT2D eigenvalue weighted by Crippen LogP contribution is -2.17. The van der Waals surface area contributed by atoms with Gasteiger partial charge in [0.05, 0.1) is 12.1 Å². The summed E-state index contributed by atoms with van der Waals surface area (Å²) < 4.78 is 18.5. The topological polar surface area (TPSA) is 107 Å². The molecule has 27 heavy (non-hydrogen) atoms. The molecule has 0 bridgehead atoms. The summed E-state index contributed by atoms with van der Waals surface area (Å²) in [6.07, 6.45) is -0.00702. The molecule has 2 N–H and O–H groups in total. The molecular weight excluding hydrogens is 371 g/mol. The van der Waals surface area contributed by atoms with Gasteiger partial charge in [-0.1, -0.05) is 12.1 Å². The highest BCUT2D eigenvalue weighted by atomic mass is 32.1. The Kier molecular flexibility index (Phi) is 5.55. The lowest BCUT2D eigenvalue weighted by molar-refractivity contribution is -0.144. The van der Waals surface area contributed by atoms with Crippen LogP contribution in [0.4, 0.5) is 16.3 Å². The summed E-state index contributed by atoms with van der Waals surface area (Å²) >= 11 is 1.33. The monoisotopic (exact) mass is 388 g/mol. The minimum Gasteiger partial charge on any atom is -0.457 e. The molecule has 3 rings (SSSR count). The first-order valence-electron chi connectivity index (χ1n) is 7.94. The third kappa shape index (κ3) is 4.94. The van der Waals surface area contributed by atoms with Gasteiger partial charge in [-0.05, 0) is 12.1 Å². The summed E-state index contributed by atoms with van der Waals surface area (Å²) in [6, 6.07) is 6.14. The van der Waals surface area contributed by atoms with E-state index in [2.05, 4.69) is 19.9 Å². The minimum atomic E-state index is -0.475. The zero-order valence-corrected chi connectivity index (χ0v) is 15.5. The zero-order chi connectivity index (χ0) is 19.4. The fourth-order valence-electron chi connectivity index (χ4n) is 2.18. The molecule has 0 saturated heterocycles. The Bertz CT molecular complexity index is 962. The van der Waals surface area contributed by atoms with Gasteiger partial charge in [-0.2, -0.15) is 15.0 Å². The van der Waals surface area contributed by atoms with Gasteiger partial charge in [0.2, 0.25) is 11.9 Å². The SMILES string of the molecule is CN(C)c1nc(N)nc(COC(=O)Cc2csc(-c3cccc(F)c3)n2)n1. The van der Waals surface area contributed by atoms with E-state index in [4.69, 9.17) is 10.5 Å². The smallest absolute Gasteiger partial charge is 0.312 e. The highest BCUT2D eigenvalue weighted by Gasteiger charge is 2.13. The van der Waals surface area contributed by atoms with Gasteiger partial charge in [0, 0.05) is 25.0 Å². The van der Waals surface area contributed by atoms with Gasteiger partial charge in [-0.15, -0.1) is 11.3 Å². The molecule has 0 radical (unpaired) electrons. The average molecular weight is 388 g/mol. The molecule has 0 saturated carbocycles. The van der Waals surface area contributed by atoms with E-state index in [1.807, 2.05) is 0 Å². The molecule has 10 heteroatoms. The van der Waals surface area contributed by atoms with Crippen LogP contribution in [0.5, 0.6) is 0 Å². The number of hydrogen-bond acceptors (Lipinski definition) is 9. The van der Waals surface area contributed by atoms with Crippen LogP contribution in [0, 0.1) is 5.82 Å². The number of benzene rings is 1. The van der Waals surface area contributed by atoms with Gasteiger partial charge in [0.15, 0.2) is 12.4 Å². The molecular formula is C17H17FN6O2S. The van der Waals surface area contributed by atoms with Crippen molar-refractivity contribution >= 4 is 29.2 Å². The highest BCUT2D eigenvalue weighted by molar-refractivity contribution is 7.13. The van der Waals surface area contributed by atoms with Crippen LogP contribution in [0.15, 0.2) is 29.6 Å². The molecule has 8 nitrogen and oxygen atoms in total. The lowest BCUT2D eigenvalue weighted by Gasteiger charge is -2.11. The van der Waals surface area contributed by atoms with Crippen LogP contribution in [0.3, 0.4) is 0 Å².